The zero-order valence-electron chi connectivity index (χ0n) is 17.9. The number of methoxy groups -OCH3 is 2. The molecule has 1 amide bonds. The number of nitrogens with zero attached hydrogens (tertiary/aromatic N) is 1. The number of amides is 1. The molecule has 0 aliphatic rings. The lowest BCUT2D eigenvalue weighted by Crippen LogP contribution is -2.21. The molecule has 0 spiro atoms. The summed E-state index contributed by atoms with van der Waals surface area (Å²) in [6, 6.07) is 16.7. The first-order valence-electron chi connectivity index (χ1n) is 10.2. The van der Waals surface area contributed by atoms with Crippen LogP contribution in [0.1, 0.15) is 16.8 Å². The van der Waals surface area contributed by atoms with E-state index < -0.39 is 0 Å². The number of para-hydroxylation sites is 1. The molecule has 0 bridgehead atoms. The van der Waals surface area contributed by atoms with Crippen LogP contribution in [0.25, 0.3) is 10.9 Å². The molecule has 0 saturated carbocycles. The third-order valence-corrected chi connectivity index (χ3v) is 5.17. The Kier molecular flexibility index (Phi) is 6.21. The van der Waals surface area contributed by atoms with Crippen LogP contribution >= 0.6 is 0 Å². The van der Waals surface area contributed by atoms with E-state index >= 15 is 0 Å². The second-order valence-electron chi connectivity index (χ2n) is 7.44. The first kappa shape index (κ1) is 21.2. The van der Waals surface area contributed by atoms with Crippen molar-refractivity contribution in [2.45, 2.75) is 19.3 Å². The summed E-state index contributed by atoms with van der Waals surface area (Å²) in [7, 11) is 3.24. The van der Waals surface area contributed by atoms with E-state index in [1.807, 2.05) is 42.5 Å². The molecule has 0 fully saturated rings. The number of nitrogens with one attached hydrogen (secondary N) is 3. The molecular weight excluding hydrogens is 408 g/mol. The molecule has 0 unspecified atom stereocenters. The monoisotopic (exact) mass is 432 g/mol. The first-order valence-corrected chi connectivity index (χ1v) is 10.2. The predicted molar refractivity (Wildman–Crippen MR) is 122 cm³/mol. The molecular formula is C24H24N4O4. The Bertz CT molecular complexity index is 1290. The van der Waals surface area contributed by atoms with Crippen molar-refractivity contribution >= 4 is 22.6 Å². The van der Waals surface area contributed by atoms with E-state index in [1.54, 1.807) is 26.4 Å². The van der Waals surface area contributed by atoms with Crippen LogP contribution < -0.4 is 20.3 Å². The Labute approximate surface area is 184 Å². The Morgan fingerprint density at radius 1 is 1.00 bits per heavy atom. The molecule has 8 heteroatoms. The lowest BCUT2D eigenvalue weighted by molar-refractivity contribution is -0.115. The van der Waals surface area contributed by atoms with Gasteiger partial charge in [-0.1, -0.05) is 18.2 Å². The van der Waals surface area contributed by atoms with Crippen molar-refractivity contribution < 1.29 is 14.3 Å². The third-order valence-electron chi connectivity index (χ3n) is 5.17. The van der Waals surface area contributed by atoms with Gasteiger partial charge in [0.25, 0.3) is 5.56 Å². The highest BCUT2D eigenvalue weighted by Crippen LogP contribution is 2.23. The van der Waals surface area contributed by atoms with Gasteiger partial charge in [-0.2, -0.15) is 5.10 Å². The van der Waals surface area contributed by atoms with Crippen LogP contribution in [0.3, 0.4) is 0 Å². The number of anilines is 1. The normalized spacial score (nSPS) is 10.8. The van der Waals surface area contributed by atoms with Crippen LogP contribution in [0.15, 0.2) is 59.4 Å². The first-order chi connectivity index (χ1) is 15.5. The average molecular weight is 432 g/mol. The number of fused-ring (bicyclic) bond motifs is 1. The minimum atomic E-state index is -0.304. The van der Waals surface area contributed by atoms with Crippen LogP contribution in [0, 0.1) is 0 Å². The highest BCUT2D eigenvalue weighted by molar-refractivity contribution is 5.92. The number of aromatic nitrogens is 3. The van der Waals surface area contributed by atoms with Crippen molar-refractivity contribution in [3.63, 3.8) is 0 Å². The Morgan fingerprint density at radius 2 is 1.75 bits per heavy atom. The van der Waals surface area contributed by atoms with Crippen LogP contribution in [0.5, 0.6) is 11.5 Å². The minimum absolute atomic E-state index is 0.0357. The molecule has 0 atom stereocenters. The molecule has 0 aliphatic carbocycles. The maximum absolute atomic E-state index is 12.5. The fourth-order valence-electron chi connectivity index (χ4n) is 3.53. The van der Waals surface area contributed by atoms with Crippen LogP contribution in [0.2, 0.25) is 0 Å². The molecule has 2 aromatic carbocycles. The molecule has 4 rings (SSSR count). The number of carbonyl (C=O) groups is 1. The molecule has 8 nitrogen and oxygen atoms in total. The summed E-state index contributed by atoms with van der Waals surface area (Å²) in [6.07, 6.45) is 1.41. The molecule has 4 aromatic rings. The van der Waals surface area contributed by atoms with Gasteiger partial charge < -0.3 is 19.8 Å². The topological polar surface area (TPSA) is 109 Å². The van der Waals surface area contributed by atoms with Crippen molar-refractivity contribution in [1.29, 1.82) is 0 Å². The summed E-state index contributed by atoms with van der Waals surface area (Å²) in [5, 5.41) is 10.7. The molecule has 2 heterocycles. The van der Waals surface area contributed by atoms with Gasteiger partial charge in [-0.25, -0.2) is 0 Å². The quantitative estimate of drug-likeness (QED) is 0.396. The van der Waals surface area contributed by atoms with Gasteiger partial charge in [-0.05, 0) is 48.1 Å². The number of pyridine rings is 1. The van der Waals surface area contributed by atoms with Gasteiger partial charge in [0.1, 0.15) is 11.5 Å². The van der Waals surface area contributed by atoms with E-state index in [-0.39, 0.29) is 17.9 Å². The molecule has 0 saturated heterocycles. The summed E-state index contributed by atoms with van der Waals surface area (Å²) in [6.45, 7) is 0. The SMILES string of the molecule is COc1cc(CCc2cc(NC(=O)Cc3cc4ccccc4[nH]c3=O)n[nH]2)cc(OC)c1. The number of aryl methyl sites for hydroxylation is 2. The van der Waals surface area contributed by atoms with E-state index in [2.05, 4.69) is 20.5 Å². The van der Waals surface area contributed by atoms with Crippen molar-refractivity contribution in [3.05, 3.63) is 81.8 Å². The van der Waals surface area contributed by atoms with Gasteiger partial charge in [-0.15, -0.1) is 0 Å². The van der Waals surface area contributed by atoms with Crippen molar-refractivity contribution in [3.8, 4) is 11.5 Å². The Hall–Kier alpha value is -4.07. The van der Waals surface area contributed by atoms with Crippen molar-refractivity contribution in [2.75, 3.05) is 19.5 Å². The van der Waals surface area contributed by atoms with Gasteiger partial charge in [-0.3, -0.25) is 14.7 Å². The molecule has 3 N–H and O–H groups in total. The zero-order chi connectivity index (χ0) is 22.5. The van der Waals surface area contributed by atoms with E-state index in [0.717, 1.165) is 40.1 Å². The fraction of sp³-hybridized carbons (Fsp3) is 0.208. The van der Waals surface area contributed by atoms with Crippen LogP contribution in [0.4, 0.5) is 5.82 Å². The predicted octanol–water partition coefficient (Wildman–Crippen LogP) is 3.23. The summed E-state index contributed by atoms with van der Waals surface area (Å²) in [5.74, 6) is 1.59. The largest absolute Gasteiger partial charge is 0.497 e. The highest BCUT2D eigenvalue weighted by Gasteiger charge is 2.11. The maximum Gasteiger partial charge on any atom is 0.252 e. The fourth-order valence-corrected chi connectivity index (χ4v) is 3.53. The maximum atomic E-state index is 12.5. The number of carbonyl (C=O) groups excluding carboxylic acids is 1. The summed E-state index contributed by atoms with van der Waals surface area (Å²) in [4.78, 5) is 27.5. The number of benzene rings is 2. The standard InChI is InChI=1S/C24H24N4O4/c1-31-19-9-15(10-20(14-19)32-2)7-8-18-13-22(28-27-18)26-23(29)12-17-11-16-5-3-4-6-21(16)25-24(17)30/h3-6,9-11,13-14H,7-8,12H2,1-2H3,(H,25,30)(H2,26,27,28,29). The van der Waals surface area contributed by atoms with Gasteiger partial charge >= 0.3 is 0 Å². The number of rotatable bonds is 8. The van der Waals surface area contributed by atoms with Gasteiger partial charge in [0.05, 0.1) is 20.6 Å². The molecule has 2 aromatic heterocycles. The average Bonchev–Trinajstić information content (AvgIpc) is 3.25. The minimum Gasteiger partial charge on any atom is -0.497 e. The van der Waals surface area contributed by atoms with E-state index in [9.17, 15) is 9.59 Å². The van der Waals surface area contributed by atoms with Crippen molar-refractivity contribution in [1.82, 2.24) is 15.2 Å². The summed E-state index contributed by atoms with van der Waals surface area (Å²) >= 11 is 0. The number of hydrogen-bond acceptors (Lipinski definition) is 5. The molecule has 164 valence electrons. The second kappa shape index (κ2) is 9.38. The summed E-state index contributed by atoms with van der Waals surface area (Å²) < 4.78 is 10.6. The third kappa shape index (κ3) is 4.97. The van der Waals surface area contributed by atoms with E-state index in [4.69, 9.17) is 9.47 Å². The smallest absolute Gasteiger partial charge is 0.252 e. The van der Waals surface area contributed by atoms with Crippen LogP contribution in [-0.2, 0) is 24.1 Å². The van der Waals surface area contributed by atoms with Crippen LogP contribution in [-0.4, -0.2) is 35.3 Å². The highest BCUT2D eigenvalue weighted by atomic mass is 16.5. The van der Waals surface area contributed by atoms with Crippen molar-refractivity contribution in [2.24, 2.45) is 0 Å². The lowest BCUT2D eigenvalue weighted by Gasteiger charge is -2.08. The Balaban J connectivity index is 1.37. The number of aromatic amines is 2. The van der Waals surface area contributed by atoms with Gasteiger partial charge in [0.15, 0.2) is 5.82 Å². The lowest BCUT2D eigenvalue weighted by atomic mass is 10.1. The molecule has 0 radical (unpaired) electrons. The second-order valence-corrected chi connectivity index (χ2v) is 7.44. The molecule has 32 heavy (non-hydrogen) atoms. The molecule has 0 aliphatic heterocycles. The number of ether oxygens (including phenoxy) is 2. The van der Waals surface area contributed by atoms with Gasteiger partial charge in [0.2, 0.25) is 5.91 Å². The van der Waals surface area contributed by atoms with E-state index in [1.165, 1.54) is 0 Å². The number of hydrogen-bond donors (Lipinski definition) is 3. The van der Waals surface area contributed by atoms with Gasteiger partial charge in [0, 0.05) is 28.9 Å². The van der Waals surface area contributed by atoms with E-state index in [0.29, 0.717) is 17.8 Å². The summed E-state index contributed by atoms with van der Waals surface area (Å²) in [5.41, 5.74) is 2.83. The zero-order valence-corrected chi connectivity index (χ0v) is 17.9. The Morgan fingerprint density at radius 3 is 2.50 bits per heavy atom. The number of H-pyrrole nitrogens is 2.